The maximum atomic E-state index is 12.9. The predicted octanol–water partition coefficient (Wildman–Crippen LogP) is 1.44. The van der Waals surface area contributed by atoms with Gasteiger partial charge in [-0.1, -0.05) is 0 Å². The largest absolute Gasteiger partial charge is 0.481 e. The first-order valence-corrected chi connectivity index (χ1v) is 8.04. The second kappa shape index (κ2) is 7.43. The Bertz CT molecular complexity index is 750. The van der Waals surface area contributed by atoms with Gasteiger partial charge in [0.2, 0.25) is 5.88 Å². The number of carbonyl (C=O) groups is 1. The number of ether oxygens (including phenoxy) is 2. The van der Waals surface area contributed by atoms with Gasteiger partial charge in [-0.3, -0.25) is 4.79 Å². The van der Waals surface area contributed by atoms with Crippen LogP contribution in [0.15, 0.2) is 24.4 Å². The van der Waals surface area contributed by atoms with Gasteiger partial charge < -0.3 is 19.7 Å². The minimum atomic E-state index is -0.338. The van der Waals surface area contributed by atoms with Crippen molar-refractivity contribution in [2.45, 2.75) is 13.0 Å². The first kappa shape index (κ1) is 17.1. The lowest BCUT2D eigenvalue weighted by Crippen LogP contribution is -2.44. The molecule has 1 aliphatic rings. The summed E-state index contributed by atoms with van der Waals surface area (Å²) in [5.74, 6) is 1.63. The predicted molar refractivity (Wildman–Crippen MR) is 91.7 cm³/mol. The van der Waals surface area contributed by atoms with Crippen molar-refractivity contribution in [2.75, 3.05) is 39.2 Å². The topological polar surface area (TPSA) is 89.5 Å². The molecule has 8 heteroatoms. The number of rotatable bonds is 4. The van der Waals surface area contributed by atoms with Gasteiger partial charge in [-0.2, -0.15) is 0 Å². The number of nitrogens with one attached hydrogen (secondary N) is 1. The number of anilines is 1. The highest BCUT2D eigenvalue weighted by Crippen LogP contribution is 2.25. The van der Waals surface area contributed by atoms with Crippen molar-refractivity contribution >= 4 is 11.7 Å². The summed E-state index contributed by atoms with van der Waals surface area (Å²) in [6.07, 6.45) is 1.52. The number of hydrogen-bond acceptors (Lipinski definition) is 7. The number of morpholine rings is 1. The molecule has 0 spiro atoms. The van der Waals surface area contributed by atoms with E-state index in [9.17, 15) is 4.79 Å². The maximum Gasteiger partial charge on any atom is 0.256 e. The number of hydrogen-bond donors (Lipinski definition) is 1. The number of amides is 1. The molecule has 1 fully saturated rings. The van der Waals surface area contributed by atoms with Crippen LogP contribution in [0, 0.1) is 6.92 Å². The molecule has 1 unspecified atom stereocenters. The van der Waals surface area contributed by atoms with E-state index in [1.165, 1.54) is 13.3 Å². The van der Waals surface area contributed by atoms with Crippen LogP contribution in [0.1, 0.15) is 27.9 Å². The third-order valence-corrected chi connectivity index (χ3v) is 4.01. The zero-order chi connectivity index (χ0) is 17.8. The molecule has 1 saturated heterocycles. The smallest absolute Gasteiger partial charge is 0.256 e. The van der Waals surface area contributed by atoms with Gasteiger partial charge in [0, 0.05) is 37.6 Å². The Morgan fingerprint density at radius 1 is 1.40 bits per heavy atom. The van der Waals surface area contributed by atoms with Crippen LogP contribution in [0.3, 0.4) is 0 Å². The highest BCUT2D eigenvalue weighted by atomic mass is 16.5. The molecule has 2 aromatic heterocycles. The van der Waals surface area contributed by atoms with Gasteiger partial charge >= 0.3 is 0 Å². The Labute approximate surface area is 146 Å². The quantitative estimate of drug-likeness (QED) is 0.898. The van der Waals surface area contributed by atoms with Crippen LogP contribution in [0.4, 0.5) is 5.82 Å². The average Bonchev–Trinajstić information content (AvgIpc) is 2.67. The van der Waals surface area contributed by atoms with Crippen molar-refractivity contribution in [3.05, 3.63) is 41.5 Å². The zero-order valence-electron chi connectivity index (χ0n) is 14.5. The fraction of sp³-hybridized carbons (Fsp3) is 0.412. The van der Waals surface area contributed by atoms with Gasteiger partial charge in [0.05, 0.1) is 25.9 Å². The Morgan fingerprint density at radius 2 is 2.24 bits per heavy atom. The van der Waals surface area contributed by atoms with E-state index in [4.69, 9.17) is 9.47 Å². The number of carbonyl (C=O) groups excluding carboxylic acids is 1. The SMILES string of the molecule is CNc1cc(C)nc(C2COCCN2C(=O)c2ccc(OC)nc2)n1. The van der Waals surface area contributed by atoms with E-state index in [0.717, 1.165) is 5.69 Å². The summed E-state index contributed by atoms with van der Waals surface area (Å²) < 4.78 is 10.6. The van der Waals surface area contributed by atoms with Gasteiger partial charge in [0.1, 0.15) is 11.9 Å². The van der Waals surface area contributed by atoms with E-state index in [2.05, 4.69) is 20.3 Å². The van der Waals surface area contributed by atoms with Crippen LogP contribution in [0.25, 0.3) is 0 Å². The fourth-order valence-electron chi connectivity index (χ4n) is 2.72. The van der Waals surface area contributed by atoms with Crippen LogP contribution < -0.4 is 10.1 Å². The third kappa shape index (κ3) is 3.69. The van der Waals surface area contributed by atoms with Crippen LogP contribution in [-0.2, 0) is 4.74 Å². The van der Waals surface area contributed by atoms with Crippen molar-refractivity contribution in [2.24, 2.45) is 0 Å². The first-order chi connectivity index (χ1) is 12.1. The van der Waals surface area contributed by atoms with Gasteiger partial charge in [0.25, 0.3) is 5.91 Å². The number of methoxy groups -OCH3 is 1. The maximum absolute atomic E-state index is 12.9. The summed E-state index contributed by atoms with van der Waals surface area (Å²) in [4.78, 5) is 27.8. The number of aryl methyl sites for hydroxylation is 1. The van der Waals surface area contributed by atoms with E-state index < -0.39 is 0 Å². The van der Waals surface area contributed by atoms with E-state index in [0.29, 0.717) is 42.8 Å². The lowest BCUT2D eigenvalue weighted by atomic mass is 10.1. The van der Waals surface area contributed by atoms with Gasteiger partial charge in [0.15, 0.2) is 5.82 Å². The van der Waals surface area contributed by atoms with Crippen molar-refractivity contribution in [3.63, 3.8) is 0 Å². The Hall–Kier alpha value is -2.74. The van der Waals surface area contributed by atoms with E-state index >= 15 is 0 Å². The molecule has 0 aliphatic carbocycles. The Balaban J connectivity index is 1.90. The summed E-state index contributed by atoms with van der Waals surface area (Å²) in [5.41, 5.74) is 1.33. The highest BCUT2D eigenvalue weighted by Gasteiger charge is 2.32. The van der Waals surface area contributed by atoms with Gasteiger partial charge in [-0.05, 0) is 13.0 Å². The number of aromatic nitrogens is 3. The van der Waals surface area contributed by atoms with Crippen molar-refractivity contribution in [1.29, 1.82) is 0 Å². The summed E-state index contributed by atoms with van der Waals surface area (Å²) in [6.45, 7) is 3.22. The standard InChI is InChI=1S/C17H21N5O3/c1-11-8-14(18-2)21-16(20-11)13-10-25-7-6-22(13)17(23)12-4-5-15(24-3)19-9-12/h4-5,8-9,13H,6-7,10H2,1-3H3,(H,18,20,21). The molecule has 2 aromatic rings. The molecule has 0 bridgehead atoms. The Morgan fingerprint density at radius 3 is 2.92 bits per heavy atom. The lowest BCUT2D eigenvalue weighted by Gasteiger charge is -2.34. The van der Waals surface area contributed by atoms with Gasteiger partial charge in [-0.25, -0.2) is 15.0 Å². The summed E-state index contributed by atoms with van der Waals surface area (Å²) in [7, 11) is 3.34. The monoisotopic (exact) mass is 343 g/mol. The molecule has 0 aromatic carbocycles. The van der Waals surface area contributed by atoms with Crippen molar-refractivity contribution in [3.8, 4) is 5.88 Å². The third-order valence-electron chi connectivity index (χ3n) is 4.01. The lowest BCUT2D eigenvalue weighted by molar-refractivity contribution is -0.00525. The molecule has 3 heterocycles. The molecule has 1 atom stereocenters. The number of pyridine rings is 1. The molecule has 132 valence electrons. The summed E-state index contributed by atoms with van der Waals surface area (Å²) >= 11 is 0. The zero-order valence-corrected chi connectivity index (χ0v) is 14.5. The fourth-order valence-corrected chi connectivity index (χ4v) is 2.72. The highest BCUT2D eigenvalue weighted by molar-refractivity contribution is 5.94. The van der Waals surface area contributed by atoms with E-state index in [1.54, 1.807) is 24.1 Å². The van der Waals surface area contributed by atoms with Crippen LogP contribution in [0.2, 0.25) is 0 Å². The minimum absolute atomic E-state index is 0.125. The van der Waals surface area contributed by atoms with Crippen LogP contribution in [-0.4, -0.2) is 59.7 Å². The molecule has 1 amide bonds. The first-order valence-electron chi connectivity index (χ1n) is 8.04. The molecule has 1 aliphatic heterocycles. The molecular weight excluding hydrogens is 322 g/mol. The van der Waals surface area contributed by atoms with E-state index in [-0.39, 0.29) is 11.9 Å². The summed E-state index contributed by atoms with van der Waals surface area (Å²) in [6, 6.07) is 4.89. The Kier molecular flexibility index (Phi) is 5.08. The van der Waals surface area contributed by atoms with Crippen molar-refractivity contribution in [1.82, 2.24) is 19.9 Å². The molecule has 25 heavy (non-hydrogen) atoms. The van der Waals surface area contributed by atoms with Gasteiger partial charge in [-0.15, -0.1) is 0 Å². The molecule has 3 rings (SSSR count). The molecule has 1 N–H and O–H groups in total. The second-order valence-corrected chi connectivity index (χ2v) is 5.68. The van der Waals surface area contributed by atoms with Crippen LogP contribution >= 0.6 is 0 Å². The number of nitrogens with zero attached hydrogens (tertiary/aromatic N) is 4. The molecule has 8 nitrogen and oxygen atoms in total. The van der Waals surface area contributed by atoms with E-state index in [1.807, 2.05) is 13.0 Å². The van der Waals surface area contributed by atoms with Crippen molar-refractivity contribution < 1.29 is 14.3 Å². The minimum Gasteiger partial charge on any atom is -0.481 e. The molecule has 0 saturated carbocycles. The molecule has 0 radical (unpaired) electrons. The van der Waals surface area contributed by atoms with Crippen LogP contribution in [0.5, 0.6) is 5.88 Å². The second-order valence-electron chi connectivity index (χ2n) is 5.68. The molecular formula is C17H21N5O3. The normalized spacial score (nSPS) is 17.2. The average molecular weight is 343 g/mol. The summed E-state index contributed by atoms with van der Waals surface area (Å²) in [5, 5.41) is 3.02.